The number of rotatable bonds is 6. The smallest absolute Gasteiger partial charge is 0.261 e. The van der Waals surface area contributed by atoms with Gasteiger partial charge in [0.2, 0.25) is 5.91 Å². The minimum Gasteiger partial charge on any atom is -0.495 e. The van der Waals surface area contributed by atoms with E-state index in [2.05, 4.69) is 10.3 Å². The number of benzene rings is 1. The summed E-state index contributed by atoms with van der Waals surface area (Å²) in [5.41, 5.74) is 2.49. The summed E-state index contributed by atoms with van der Waals surface area (Å²) >= 11 is 0. The molecule has 26 heavy (non-hydrogen) atoms. The Morgan fingerprint density at radius 3 is 2.27 bits per heavy atom. The van der Waals surface area contributed by atoms with Gasteiger partial charge in [0.25, 0.3) is 10.0 Å². The van der Waals surface area contributed by atoms with Crippen LogP contribution in [0, 0.1) is 23.2 Å². The molecule has 0 radical (unpaired) electrons. The lowest BCUT2D eigenvalue weighted by Gasteiger charge is -2.56. The SMILES string of the molecule is COc1ccccc1S(=O)(=O)NNC(=O)CC12CC3CC(CC(C3)C1)C2. The van der Waals surface area contributed by atoms with Gasteiger partial charge >= 0.3 is 0 Å². The molecule has 1 aromatic carbocycles. The molecule has 4 aliphatic rings. The van der Waals surface area contributed by atoms with Gasteiger partial charge in [0.15, 0.2) is 0 Å². The zero-order valence-corrected chi connectivity index (χ0v) is 15.8. The number of hydrogen-bond donors (Lipinski definition) is 2. The van der Waals surface area contributed by atoms with Crippen molar-refractivity contribution >= 4 is 15.9 Å². The van der Waals surface area contributed by atoms with Crippen molar-refractivity contribution in [3.63, 3.8) is 0 Å². The normalized spacial score (nSPS) is 32.4. The van der Waals surface area contributed by atoms with E-state index in [1.807, 2.05) is 0 Å². The van der Waals surface area contributed by atoms with Crippen LogP contribution in [0.1, 0.15) is 44.9 Å². The van der Waals surface area contributed by atoms with Crippen molar-refractivity contribution in [2.45, 2.75) is 49.8 Å². The average molecular weight is 378 g/mol. The fraction of sp³-hybridized carbons (Fsp3) is 0.632. The van der Waals surface area contributed by atoms with Crippen LogP contribution in [-0.2, 0) is 14.8 Å². The van der Waals surface area contributed by atoms with Gasteiger partial charge in [0, 0.05) is 6.42 Å². The molecular weight excluding hydrogens is 352 g/mol. The van der Waals surface area contributed by atoms with Crippen molar-refractivity contribution in [3.8, 4) is 5.75 Å². The number of nitrogens with one attached hydrogen (secondary N) is 2. The van der Waals surface area contributed by atoms with Crippen LogP contribution in [0.3, 0.4) is 0 Å². The minimum absolute atomic E-state index is 0.0117. The van der Waals surface area contributed by atoms with Gasteiger partial charge in [-0.15, -0.1) is 4.83 Å². The van der Waals surface area contributed by atoms with Crippen molar-refractivity contribution < 1.29 is 17.9 Å². The van der Waals surface area contributed by atoms with E-state index in [0.29, 0.717) is 6.42 Å². The molecule has 4 aliphatic carbocycles. The van der Waals surface area contributed by atoms with Crippen LogP contribution in [0.25, 0.3) is 0 Å². The molecule has 142 valence electrons. The summed E-state index contributed by atoms with van der Waals surface area (Å²) in [6.07, 6.45) is 7.72. The van der Waals surface area contributed by atoms with E-state index in [1.54, 1.807) is 18.2 Å². The van der Waals surface area contributed by atoms with Crippen LogP contribution in [0.2, 0.25) is 0 Å². The number of amides is 1. The standard InChI is InChI=1S/C19H26N2O4S/c1-25-16-4-2-3-5-17(16)26(23,24)21-20-18(22)12-19-9-13-6-14(10-19)8-15(7-13)11-19/h2-5,13-15,21H,6-12H2,1H3,(H,20,22). The van der Waals surface area contributed by atoms with Crippen LogP contribution in [0.4, 0.5) is 0 Å². The second kappa shape index (κ2) is 6.53. The summed E-state index contributed by atoms with van der Waals surface area (Å²) in [6.45, 7) is 0. The van der Waals surface area contributed by atoms with E-state index < -0.39 is 10.0 Å². The number of hydrogen-bond acceptors (Lipinski definition) is 4. The largest absolute Gasteiger partial charge is 0.495 e. The number of para-hydroxylation sites is 1. The van der Waals surface area contributed by atoms with Gasteiger partial charge in [-0.2, -0.15) is 0 Å². The van der Waals surface area contributed by atoms with Gasteiger partial charge in [0.1, 0.15) is 10.6 Å². The second-order valence-electron chi connectivity index (χ2n) is 8.40. The molecule has 0 heterocycles. The first-order chi connectivity index (χ1) is 12.4. The Labute approximate surface area is 154 Å². The van der Waals surface area contributed by atoms with Crippen LogP contribution < -0.4 is 15.0 Å². The summed E-state index contributed by atoms with van der Waals surface area (Å²) in [5, 5.41) is 0. The molecule has 0 aromatic heterocycles. The van der Waals surface area contributed by atoms with Gasteiger partial charge in [0.05, 0.1) is 7.11 Å². The predicted molar refractivity (Wildman–Crippen MR) is 96.7 cm³/mol. The third kappa shape index (κ3) is 3.34. The highest BCUT2D eigenvalue weighted by Gasteiger charge is 2.51. The van der Waals surface area contributed by atoms with Crippen LogP contribution in [-0.4, -0.2) is 21.4 Å². The summed E-state index contributed by atoms with van der Waals surface area (Å²) in [4.78, 5) is 14.7. The molecule has 0 spiro atoms. The topological polar surface area (TPSA) is 84.5 Å². The van der Waals surface area contributed by atoms with Gasteiger partial charge in [-0.25, -0.2) is 8.42 Å². The Balaban J connectivity index is 1.40. The summed E-state index contributed by atoms with van der Waals surface area (Å²) in [5.74, 6) is 2.29. The molecule has 0 aliphatic heterocycles. The molecule has 1 aromatic rings. The summed E-state index contributed by atoms with van der Waals surface area (Å²) in [7, 11) is -2.45. The monoisotopic (exact) mass is 378 g/mol. The number of methoxy groups -OCH3 is 1. The number of carbonyl (C=O) groups excluding carboxylic acids is 1. The second-order valence-corrected chi connectivity index (χ2v) is 10.0. The zero-order chi connectivity index (χ0) is 18.4. The first-order valence-electron chi connectivity index (χ1n) is 9.33. The summed E-state index contributed by atoms with van der Waals surface area (Å²) < 4.78 is 30.0. The number of ether oxygens (including phenoxy) is 1. The molecule has 4 fully saturated rings. The van der Waals surface area contributed by atoms with Crippen molar-refractivity contribution in [2.75, 3.05) is 7.11 Å². The molecule has 1 amide bonds. The molecular formula is C19H26N2O4S. The van der Waals surface area contributed by atoms with E-state index in [1.165, 1.54) is 32.4 Å². The fourth-order valence-electron chi connectivity index (χ4n) is 5.91. The Hall–Kier alpha value is -1.60. The molecule has 0 atom stereocenters. The highest BCUT2D eigenvalue weighted by atomic mass is 32.2. The Morgan fingerprint density at radius 2 is 1.69 bits per heavy atom. The van der Waals surface area contributed by atoms with Gasteiger partial charge < -0.3 is 4.74 Å². The highest BCUT2D eigenvalue weighted by Crippen LogP contribution is 2.61. The molecule has 4 saturated carbocycles. The van der Waals surface area contributed by atoms with Gasteiger partial charge in [-0.3, -0.25) is 10.2 Å². The van der Waals surface area contributed by atoms with E-state index in [-0.39, 0.29) is 22.0 Å². The summed E-state index contributed by atoms with van der Waals surface area (Å²) in [6, 6.07) is 6.34. The van der Waals surface area contributed by atoms with Crippen molar-refractivity contribution in [2.24, 2.45) is 23.2 Å². The number of sulfonamides is 1. The average Bonchev–Trinajstić information content (AvgIpc) is 2.58. The maximum atomic E-state index is 12.5. The molecule has 7 heteroatoms. The molecule has 6 nitrogen and oxygen atoms in total. The third-order valence-electron chi connectivity index (χ3n) is 6.38. The van der Waals surface area contributed by atoms with Crippen LogP contribution in [0.5, 0.6) is 5.75 Å². The van der Waals surface area contributed by atoms with Crippen molar-refractivity contribution in [1.82, 2.24) is 10.3 Å². The Kier molecular flexibility index (Phi) is 4.47. The Bertz CT molecular complexity index is 770. The molecule has 0 saturated heterocycles. The fourth-order valence-corrected chi connectivity index (χ4v) is 6.94. The van der Waals surface area contributed by atoms with E-state index in [0.717, 1.165) is 37.0 Å². The quantitative estimate of drug-likeness (QED) is 0.745. The predicted octanol–water partition coefficient (Wildman–Crippen LogP) is 2.61. The van der Waals surface area contributed by atoms with E-state index in [9.17, 15) is 13.2 Å². The lowest BCUT2D eigenvalue weighted by atomic mass is 9.49. The highest BCUT2D eigenvalue weighted by molar-refractivity contribution is 7.89. The number of carbonyl (C=O) groups is 1. The first-order valence-corrected chi connectivity index (χ1v) is 10.8. The van der Waals surface area contributed by atoms with Crippen LogP contribution in [0.15, 0.2) is 29.2 Å². The molecule has 0 unspecified atom stereocenters. The molecule has 2 N–H and O–H groups in total. The van der Waals surface area contributed by atoms with E-state index >= 15 is 0 Å². The molecule has 4 bridgehead atoms. The number of hydrazine groups is 1. The third-order valence-corrected chi connectivity index (χ3v) is 7.67. The lowest BCUT2D eigenvalue weighted by molar-refractivity contribution is -0.129. The van der Waals surface area contributed by atoms with Crippen LogP contribution >= 0.6 is 0 Å². The van der Waals surface area contributed by atoms with Crippen molar-refractivity contribution in [3.05, 3.63) is 24.3 Å². The van der Waals surface area contributed by atoms with Crippen molar-refractivity contribution in [1.29, 1.82) is 0 Å². The molecule has 5 rings (SSSR count). The lowest BCUT2D eigenvalue weighted by Crippen LogP contribution is -2.50. The minimum atomic E-state index is -3.87. The van der Waals surface area contributed by atoms with Gasteiger partial charge in [-0.05, 0) is 73.8 Å². The Morgan fingerprint density at radius 1 is 1.12 bits per heavy atom. The maximum absolute atomic E-state index is 12.5. The zero-order valence-electron chi connectivity index (χ0n) is 15.0. The first kappa shape index (κ1) is 17.8. The van der Waals surface area contributed by atoms with Gasteiger partial charge in [-0.1, -0.05) is 12.1 Å². The maximum Gasteiger partial charge on any atom is 0.261 e. The van der Waals surface area contributed by atoms with E-state index in [4.69, 9.17) is 4.74 Å².